The van der Waals surface area contributed by atoms with Crippen LogP contribution in [0.5, 0.6) is 0 Å². The Balaban J connectivity index is 2.52. The van der Waals surface area contributed by atoms with Gasteiger partial charge in [-0.05, 0) is 31.0 Å². The van der Waals surface area contributed by atoms with Gasteiger partial charge in [-0.15, -0.1) is 0 Å². The maximum Gasteiger partial charge on any atom is 0.251 e. The molecule has 1 aromatic rings. The Morgan fingerprint density at radius 2 is 0.679 bits per heavy atom. The van der Waals surface area contributed by atoms with Crippen molar-refractivity contribution in [3.63, 3.8) is 0 Å². The predicted molar refractivity (Wildman–Crippen MR) is 219 cm³/mol. The van der Waals surface area contributed by atoms with E-state index in [9.17, 15) is 14.4 Å². The lowest BCUT2D eigenvalue weighted by atomic mass is 10.0. The molecule has 0 fully saturated rings. The van der Waals surface area contributed by atoms with Gasteiger partial charge in [-0.3, -0.25) is 14.4 Å². The molecule has 9 nitrogen and oxygen atoms in total. The van der Waals surface area contributed by atoms with Crippen molar-refractivity contribution in [3.05, 3.63) is 34.9 Å². The van der Waals surface area contributed by atoms with E-state index in [0.29, 0.717) is 63.8 Å². The van der Waals surface area contributed by atoms with Gasteiger partial charge < -0.3 is 30.2 Å². The van der Waals surface area contributed by atoms with Gasteiger partial charge in [-0.1, -0.05) is 155 Å². The molecule has 0 saturated carbocycles. The number of rotatable bonds is 38. The largest absolute Gasteiger partial charge is 0.382 e. The van der Waals surface area contributed by atoms with Crippen LogP contribution in [0.1, 0.15) is 199 Å². The molecule has 0 spiro atoms. The lowest BCUT2D eigenvalue weighted by molar-refractivity contribution is 0.0255. The number of amides is 3. The third kappa shape index (κ3) is 28.6. The van der Waals surface area contributed by atoms with E-state index in [4.69, 9.17) is 14.2 Å². The van der Waals surface area contributed by atoms with Gasteiger partial charge in [0.1, 0.15) is 0 Å². The van der Waals surface area contributed by atoms with E-state index >= 15 is 0 Å². The van der Waals surface area contributed by atoms with E-state index in [0.717, 1.165) is 25.7 Å². The third-order valence-electron chi connectivity index (χ3n) is 9.69. The SMILES string of the molecule is CCCCCCCCCCCCCCNC(=O)c1cc(C(=O)NCCCCCCCCCCCCCC)cc(C(=O)NCCOCCOCCOC)c1. The lowest BCUT2D eigenvalue weighted by Gasteiger charge is -2.12. The van der Waals surface area contributed by atoms with Crippen LogP contribution in [0, 0.1) is 0 Å². The van der Waals surface area contributed by atoms with Gasteiger partial charge >= 0.3 is 0 Å². The van der Waals surface area contributed by atoms with Crippen LogP contribution < -0.4 is 16.0 Å². The first-order valence-electron chi connectivity index (χ1n) is 21.7. The van der Waals surface area contributed by atoms with E-state index in [1.807, 2.05) is 0 Å². The van der Waals surface area contributed by atoms with Gasteiger partial charge in [0.05, 0.1) is 33.0 Å². The maximum atomic E-state index is 13.2. The number of carbonyl (C=O) groups excluding carboxylic acids is 3. The third-order valence-corrected chi connectivity index (χ3v) is 9.69. The Bertz CT molecular complexity index is 976. The Morgan fingerprint density at radius 1 is 0.396 bits per heavy atom. The van der Waals surface area contributed by atoms with Crippen LogP contribution in [0.25, 0.3) is 0 Å². The van der Waals surface area contributed by atoms with Crippen LogP contribution in [0.3, 0.4) is 0 Å². The molecular weight excluding hydrogens is 666 g/mol. The Morgan fingerprint density at radius 3 is 1.02 bits per heavy atom. The van der Waals surface area contributed by atoms with Crippen molar-refractivity contribution in [2.24, 2.45) is 0 Å². The van der Waals surface area contributed by atoms with Gasteiger partial charge in [-0.25, -0.2) is 0 Å². The molecule has 0 aliphatic rings. The highest BCUT2D eigenvalue weighted by Crippen LogP contribution is 2.15. The molecule has 3 N–H and O–H groups in total. The second kappa shape index (κ2) is 36.5. The molecule has 1 rings (SSSR count). The minimum Gasteiger partial charge on any atom is -0.382 e. The number of ether oxygens (including phenoxy) is 3. The molecule has 0 aliphatic heterocycles. The van der Waals surface area contributed by atoms with Gasteiger partial charge in [0.2, 0.25) is 0 Å². The number of carbonyl (C=O) groups is 3. The summed E-state index contributed by atoms with van der Waals surface area (Å²) < 4.78 is 15.9. The summed E-state index contributed by atoms with van der Waals surface area (Å²) in [6.45, 7) is 8.18. The molecule has 0 aliphatic carbocycles. The summed E-state index contributed by atoms with van der Waals surface area (Å²) in [5, 5.41) is 8.86. The summed E-state index contributed by atoms with van der Waals surface area (Å²) >= 11 is 0. The van der Waals surface area contributed by atoms with Crippen molar-refractivity contribution in [2.75, 3.05) is 59.8 Å². The van der Waals surface area contributed by atoms with Crippen molar-refractivity contribution in [2.45, 2.75) is 168 Å². The van der Waals surface area contributed by atoms with E-state index < -0.39 is 0 Å². The summed E-state index contributed by atoms with van der Waals surface area (Å²) in [4.78, 5) is 39.5. The normalized spacial score (nSPS) is 11.2. The second-order valence-electron chi connectivity index (χ2n) is 14.6. The first-order valence-corrected chi connectivity index (χ1v) is 21.7. The van der Waals surface area contributed by atoms with Gasteiger partial charge in [0.25, 0.3) is 17.7 Å². The van der Waals surface area contributed by atoms with Crippen LogP contribution in [-0.2, 0) is 14.2 Å². The maximum absolute atomic E-state index is 13.2. The molecule has 0 aromatic heterocycles. The number of hydrogen-bond donors (Lipinski definition) is 3. The summed E-state index contributed by atoms with van der Waals surface area (Å²) in [7, 11) is 1.63. The zero-order valence-electron chi connectivity index (χ0n) is 34.3. The van der Waals surface area contributed by atoms with E-state index in [-0.39, 0.29) is 23.3 Å². The number of unbranched alkanes of at least 4 members (excludes halogenated alkanes) is 22. The Hall–Kier alpha value is -2.49. The Labute approximate surface area is 324 Å². The first-order chi connectivity index (χ1) is 26.0. The average Bonchev–Trinajstić information content (AvgIpc) is 3.17. The molecule has 9 heteroatoms. The molecule has 3 amide bonds. The number of benzene rings is 1. The van der Waals surface area contributed by atoms with Crippen LogP contribution in [0.15, 0.2) is 18.2 Å². The highest BCUT2D eigenvalue weighted by molar-refractivity contribution is 6.04. The molecule has 0 bridgehead atoms. The van der Waals surface area contributed by atoms with Crippen molar-refractivity contribution in [1.29, 1.82) is 0 Å². The van der Waals surface area contributed by atoms with Crippen LogP contribution >= 0.6 is 0 Å². The molecule has 53 heavy (non-hydrogen) atoms. The van der Waals surface area contributed by atoms with Gasteiger partial charge in [-0.2, -0.15) is 0 Å². The fraction of sp³-hybridized carbons (Fsp3) is 0.795. The standard InChI is InChI=1S/C44H79N3O6/c1-4-6-8-10-12-14-16-18-20-22-24-26-28-45-42(48)39-36-40(38-41(37-39)44(50)47-30-31-52-34-35-53-33-32-51-3)43(49)46-29-27-25-23-21-19-17-15-13-11-9-7-5-2/h36-38H,4-35H2,1-3H3,(H,45,48)(H,46,49)(H,47,50). The van der Waals surface area contributed by atoms with E-state index in [2.05, 4.69) is 29.8 Å². The molecule has 306 valence electrons. The summed E-state index contributed by atoms with van der Waals surface area (Å²) in [5.41, 5.74) is 0.912. The minimum atomic E-state index is -0.351. The summed E-state index contributed by atoms with van der Waals surface area (Å²) in [6.07, 6.45) is 30.2. The van der Waals surface area contributed by atoms with E-state index in [1.54, 1.807) is 25.3 Å². The van der Waals surface area contributed by atoms with Gasteiger partial charge in [0, 0.05) is 43.4 Å². The van der Waals surface area contributed by atoms with Crippen molar-refractivity contribution >= 4 is 17.7 Å². The Kier molecular flexibility index (Phi) is 33.4. The van der Waals surface area contributed by atoms with Crippen LogP contribution in [0.4, 0.5) is 0 Å². The summed E-state index contributed by atoms with van der Waals surface area (Å²) in [5.74, 6) is -0.889. The van der Waals surface area contributed by atoms with Crippen molar-refractivity contribution in [3.8, 4) is 0 Å². The number of hydrogen-bond acceptors (Lipinski definition) is 6. The van der Waals surface area contributed by atoms with E-state index in [1.165, 1.54) is 128 Å². The zero-order valence-corrected chi connectivity index (χ0v) is 34.3. The molecule has 0 radical (unpaired) electrons. The summed E-state index contributed by atoms with van der Waals surface area (Å²) in [6, 6.07) is 4.73. The van der Waals surface area contributed by atoms with Crippen LogP contribution in [-0.4, -0.2) is 77.5 Å². The monoisotopic (exact) mass is 746 g/mol. The molecule has 1 aromatic carbocycles. The predicted octanol–water partition coefficient (Wildman–Crippen LogP) is 9.96. The molecular formula is C44H79N3O6. The number of methoxy groups -OCH3 is 1. The lowest BCUT2D eigenvalue weighted by Crippen LogP contribution is -2.30. The fourth-order valence-electron chi connectivity index (χ4n) is 6.36. The smallest absolute Gasteiger partial charge is 0.251 e. The minimum absolute atomic E-state index is 0.269. The zero-order chi connectivity index (χ0) is 38.5. The number of nitrogens with one attached hydrogen (secondary N) is 3. The topological polar surface area (TPSA) is 115 Å². The highest BCUT2D eigenvalue weighted by atomic mass is 16.5. The highest BCUT2D eigenvalue weighted by Gasteiger charge is 2.16. The fourth-order valence-corrected chi connectivity index (χ4v) is 6.36. The molecule has 0 heterocycles. The average molecular weight is 746 g/mol. The molecule has 0 atom stereocenters. The second-order valence-corrected chi connectivity index (χ2v) is 14.6. The quantitative estimate of drug-likeness (QED) is 0.0581. The van der Waals surface area contributed by atoms with Gasteiger partial charge in [0.15, 0.2) is 0 Å². The van der Waals surface area contributed by atoms with Crippen molar-refractivity contribution in [1.82, 2.24) is 16.0 Å². The molecule has 0 unspecified atom stereocenters. The first kappa shape index (κ1) is 48.5. The molecule has 0 saturated heterocycles. The van der Waals surface area contributed by atoms with Crippen LogP contribution in [0.2, 0.25) is 0 Å². The van der Waals surface area contributed by atoms with Crippen molar-refractivity contribution < 1.29 is 28.6 Å².